The molecule has 0 fully saturated rings. The van der Waals surface area contributed by atoms with E-state index in [2.05, 4.69) is 44.2 Å². The van der Waals surface area contributed by atoms with Crippen LogP contribution in [0.3, 0.4) is 0 Å². The van der Waals surface area contributed by atoms with Crippen LogP contribution in [0.2, 0.25) is 0 Å². The zero-order chi connectivity index (χ0) is 8.81. The Hall–Kier alpha value is -1.30. The molecule has 0 heteroatoms. The van der Waals surface area contributed by atoms with Gasteiger partial charge >= 0.3 is 0 Å². The highest BCUT2D eigenvalue weighted by atomic mass is 13.9. The molecular weight excluding hydrogens is 144 g/mol. The van der Waals surface area contributed by atoms with Gasteiger partial charge in [-0.3, -0.25) is 0 Å². The van der Waals surface area contributed by atoms with Crippen LogP contribution in [-0.2, 0) is 0 Å². The highest BCUT2D eigenvalue weighted by Gasteiger charge is 1.83. The van der Waals surface area contributed by atoms with Gasteiger partial charge in [0, 0.05) is 0 Å². The molecule has 12 heavy (non-hydrogen) atoms. The van der Waals surface area contributed by atoms with E-state index >= 15 is 0 Å². The standard InChI is InChI=1S/C12H13/c1-3-4-5-6-12-9-7-11(2)8-10-12/h3-10H,1H2,2H3. The normalized spacial score (nSPS) is 11.5. The molecule has 61 valence electrons. The summed E-state index contributed by atoms with van der Waals surface area (Å²) in [6.07, 6.45) is 7.73. The lowest BCUT2D eigenvalue weighted by atomic mass is 10.1. The largest absolute Gasteiger partial charge is 0.0842 e. The van der Waals surface area contributed by atoms with Crippen molar-refractivity contribution in [3.63, 3.8) is 0 Å². The lowest BCUT2D eigenvalue weighted by Gasteiger charge is -1.92. The Morgan fingerprint density at radius 3 is 2.33 bits per heavy atom. The monoisotopic (exact) mass is 157 g/mol. The molecule has 0 saturated heterocycles. The molecule has 0 saturated carbocycles. The Labute approximate surface area is 74.2 Å². The minimum atomic E-state index is 1.22. The Balaban J connectivity index is 2.70. The summed E-state index contributed by atoms with van der Waals surface area (Å²) in [6, 6.07) is 8.41. The predicted molar refractivity (Wildman–Crippen MR) is 54.7 cm³/mol. The maximum atomic E-state index is 3.60. The molecule has 1 aromatic carbocycles. The SMILES string of the molecule is [CH2]C=CC=Cc1ccc(C)cc1. The lowest BCUT2D eigenvalue weighted by Crippen LogP contribution is -1.72. The van der Waals surface area contributed by atoms with E-state index < -0.39 is 0 Å². The molecule has 0 atom stereocenters. The quantitative estimate of drug-likeness (QED) is 0.577. The van der Waals surface area contributed by atoms with Crippen LogP contribution in [-0.4, -0.2) is 0 Å². The second-order valence-electron chi connectivity index (χ2n) is 2.70. The molecule has 0 aliphatic carbocycles. The van der Waals surface area contributed by atoms with Crippen LogP contribution in [0.4, 0.5) is 0 Å². The van der Waals surface area contributed by atoms with Gasteiger partial charge < -0.3 is 0 Å². The zero-order valence-corrected chi connectivity index (χ0v) is 7.33. The van der Waals surface area contributed by atoms with Gasteiger partial charge in [-0.1, -0.05) is 54.1 Å². The fraction of sp³-hybridized carbons (Fsp3) is 0.0833. The molecule has 0 aliphatic heterocycles. The van der Waals surface area contributed by atoms with E-state index in [9.17, 15) is 0 Å². The van der Waals surface area contributed by atoms with Crippen molar-refractivity contribution in [2.75, 3.05) is 0 Å². The molecule has 1 radical (unpaired) electrons. The average Bonchev–Trinajstić information content (AvgIpc) is 2.09. The highest BCUT2D eigenvalue weighted by molar-refractivity contribution is 5.51. The van der Waals surface area contributed by atoms with Crippen LogP contribution in [0.15, 0.2) is 42.5 Å². The van der Waals surface area contributed by atoms with E-state index in [0.717, 1.165) is 0 Å². The van der Waals surface area contributed by atoms with Crippen LogP contribution in [0.5, 0.6) is 0 Å². The number of rotatable bonds is 2. The molecule has 0 N–H and O–H groups in total. The van der Waals surface area contributed by atoms with Crippen molar-refractivity contribution in [1.29, 1.82) is 0 Å². The van der Waals surface area contributed by atoms with Gasteiger partial charge in [0.25, 0.3) is 0 Å². The van der Waals surface area contributed by atoms with Gasteiger partial charge in [-0.25, -0.2) is 0 Å². The van der Waals surface area contributed by atoms with E-state index in [1.807, 2.05) is 12.2 Å². The van der Waals surface area contributed by atoms with Gasteiger partial charge in [0.1, 0.15) is 0 Å². The zero-order valence-electron chi connectivity index (χ0n) is 7.33. The Kier molecular flexibility index (Phi) is 3.34. The highest BCUT2D eigenvalue weighted by Crippen LogP contribution is 2.04. The molecule has 0 bridgehead atoms. The van der Waals surface area contributed by atoms with Gasteiger partial charge in [0.05, 0.1) is 0 Å². The molecular formula is C12H13. The van der Waals surface area contributed by atoms with Crippen LogP contribution in [0, 0.1) is 13.8 Å². The van der Waals surface area contributed by atoms with Crippen molar-refractivity contribution < 1.29 is 0 Å². The summed E-state index contributed by atoms with van der Waals surface area (Å²) in [6.45, 7) is 5.69. The fourth-order valence-electron chi connectivity index (χ4n) is 0.923. The van der Waals surface area contributed by atoms with Crippen molar-refractivity contribution in [3.8, 4) is 0 Å². The fourth-order valence-corrected chi connectivity index (χ4v) is 0.923. The molecule has 0 aliphatic rings. The van der Waals surface area contributed by atoms with Crippen LogP contribution >= 0.6 is 0 Å². The maximum absolute atomic E-state index is 3.60. The molecule has 0 aromatic heterocycles. The third kappa shape index (κ3) is 2.75. The molecule has 0 unspecified atom stereocenters. The summed E-state index contributed by atoms with van der Waals surface area (Å²) in [4.78, 5) is 0. The first-order chi connectivity index (χ1) is 5.83. The maximum Gasteiger partial charge on any atom is -0.0256 e. The van der Waals surface area contributed by atoms with E-state index in [1.165, 1.54) is 11.1 Å². The molecule has 0 spiro atoms. The number of allylic oxidation sites excluding steroid dienone is 3. The first-order valence-electron chi connectivity index (χ1n) is 4.02. The summed E-state index contributed by atoms with van der Waals surface area (Å²) in [7, 11) is 0. The Bertz CT molecular complexity index is 275. The molecule has 0 amide bonds. The minimum absolute atomic E-state index is 1.22. The average molecular weight is 157 g/mol. The van der Waals surface area contributed by atoms with Crippen molar-refractivity contribution in [2.24, 2.45) is 0 Å². The summed E-state index contributed by atoms with van der Waals surface area (Å²) in [5.41, 5.74) is 2.51. The van der Waals surface area contributed by atoms with Crippen molar-refractivity contribution in [1.82, 2.24) is 0 Å². The lowest BCUT2D eigenvalue weighted by molar-refractivity contribution is 1.46. The van der Waals surface area contributed by atoms with Crippen molar-refractivity contribution in [3.05, 3.63) is 60.5 Å². The van der Waals surface area contributed by atoms with Gasteiger partial charge in [0.15, 0.2) is 0 Å². The van der Waals surface area contributed by atoms with Gasteiger partial charge in [0.2, 0.25) is 0 Å². The molecule has 1 rings (SSSR count). The third-order valence-corrected chi connectivity index (χ3v) is 1.61. The van der Waals surface area contributed by atoms with Crippen LogP contribution < -0.4 is 0 Å². The smallest absolute Gasteiger partial charge is 0.0256 e. The van der Waals surface area contributed by atoms with E-state index in [-0.39, 0.29) is 0 Å². The second-order valence-corrected chi connectivity index (χ2v) is 2.70. The van der Waals surface area contributed by atoms with Crippen molar-refractivity contribution in [2.45, 2.75) is 6.92 Å². The number of hydrogen-bond donors (Lipinski definition) is 0. The first kappa shape index (κ1) is 8.79. The van der Waals surface area contributed by atoms with E-state index in [1.54, 1.807) is 6.08 Å². The van der Waals surface area contributed by atoms with Crippen LogP contribution in [0.1, 0.15) is 11.1 Å². The third-order valence-electron chi connectivity index (χ3n) is 1.61. The summed E-state index contributed by atoms with van der Waals surface area (Å²) in [5.74, 6) is 0. The molecule has 1 aromatic rings. The van der Waals surface area contributed by atoms with Gasteiger partial charge in [-0.2, -0.15) is 0 Å². The first-order valence-corrected chi connectivity index (χ1v) is 4.02. The minimum Gasteiger partial charge on any atom is -0.0842 e. The number of aryl methyl sites for hydroxylation is 1. The predicted octanol–water partition coefficient (Wildman–Crippen LogP) is 3.40. The second kappa shape index (κ2) is 4.55. The topological polar surface area (TPSA) is 0 Å². The van der Waals surface area contributed by atoms with E-state index in [0.29, 0.717) is 0 Å². The summed E-state index contributed by atoms with van der Waals surface area (Å²) < 4.78 is 0. The number of hydrogen-bond acceptors (Lipinski definition) is 0. The van der Waals surface area contributed by atoms with Crippen molar-refractivity contribution >= 4 is 6.08 Å². The summed E-state index contributed by atoms with van der Waals surface area (Å²) >= 11 is 0. The van der Waals surface area contributed by atoms with E-state index in [4.69, 9.17) is 0 Å². The summed E-state index contributed by atoms with van der Waals surface area (Å²) in [5, 5.41) is 0. The molecule has 0 heterocycles. The molecule has 0 nitrogen and oxygen atoms in total. The van der Waals surface area contributed by atoms with Gasteiger partial charge in [-0.15, -0.1) is 0 Å². The van der Waals surface area contributed by atoms with Crippen LogP contribution in [0.25, 0.3) is 6.08 Å². The number of benzene rings is 1. The Morgan fingerprint density at radius 1 is 1.08 bits per heavy atom. The van der Waals surface area contributed by atoms with Gasteiger partial charge in [-0.05, 0) is 19.4 Å². The Morgan fingerprint density at radius 2 is 1.75 bits per heavy atom.